The molecule has 0 aliphatic rings. The number of aryl methyl sites for hydroxylation is 1. The summed E-state index contributed by atoms with van der Waals surface area (Å²) in [5.41, 5.74) is 1.44. The van der Waals surface area contributed by atoms with Crippen molar-refractivity contribution in [3.05, 3.63) is 53.5 Å². The monoisotopic (exact) mass is 397 g/mol. The fourth-order valence-electron chi connectivity index (χ4n) is 3.05. The van der Waals surface area contributed by atoms with Crippen molar-refractivity contribution < 1.29 is 23.5 Å². The summed E-state index contributed by atoms with van der Waals surface area (Å²) in [4.78, 5) is 33.4. The molecule has 29 heavy (non-hydrogen) atoms. The average Bonchev–Trinajstić information content (AvgIpc) is 3.05. The normalized spacial score (nSPS) is 11.8. The molecule has 0 saturated heterocycles. The number of esters is 2. The Hall–Kier alpha value is -3.42. The topological polar surface area (TPSA) is 104 Å². The molecule has 1 atom stereocenters. The zero-order valence-corrected chi connectivity index (χ0v) is 16.6. The molecule has 0 aliphatic heterocycles. The van der Waals surface area contributed by atoms with Gasteiger partial charge in [-0.15, -0.1) is 0 Å². The molecule has 8 heteroatoms. The molecule has 1 N–H and O–H groups in total. The molecular formula is C21H23N3O5. The third-order valence-electron chi connectivity index (χ3n) is 4.31. The Balaban J connectivity index is 2.00. The molecule has 8 nitrogen and oxygen atoms in total. The van der Waals surface area contributed by atoms with Crippen LogP contribution in [0.15, 0.2) is 41.1 Å². The zero-order chi connectivity index (χ0) is 20.8. The summed E-state index contributed by atoms with van der Waals surface area (Å²) in [7, 11) is 0. The van der Waals surface area contributed by atoms with Crippen LogP contribution in [0.5, 0.6) is 0 Å². The van der Waals surface area contributed by atoms with Gasteiger partial charge in [-0.2, -0.15) is 0 Å². The highest BCUT2D eigenvalue weighted by molar-refractivity contribution is 6.08. The molecule has 0 fully saturated rings. The largest absolute Gasteiger partial charge is 0.464 e. The van der Waals surface area contributed by atoms with Crippen LogP contribution in [0.2, 0.25) is 0 Å². The highest BCUT2D eigenvalue weighted by Crippen LogP contribution is 2.30. The van der Waals surface area contributed by atoms with E-state index in [0.29, 0.717) is 23.4 Å². The van der Waals surface area contributed by atoms with Crippen LogP contribution in [0.3, 0.4) is 0 Å². The SMILES string of the molecule is CCOC(=O)c1c(C)oc2ncnc(NC(Cc3ccccc3)C(=O)OCC)c12. The molecule has 0 saturated carbocycles. The number of benzene rings is 1. The molecular weight excluding hydrogens is 374 g/mol. The first-order valence-electron chi connectivity index (χ1n) is 9.43. The summed E-state index contributed by atoms with van der Waals surface area (Å²) in [5.74, 6) is -0.264. The molecule has 1 unspecified atom stereocenters. The summed E-state index contributed by atoms with van der Waals surface area (Å²) in [6.45, 7) is 5.61. The molecule has 3 aromatic rings. The van der Waals surface area contributed by atoms with Crippen molar-refractivity contribution in [3.8, 4) is 0 Å². The number of nitrogens with zero attached hydrogens (tertiary/aromatic N) is 2. The maximum Gasteiger partial charge on any atom is 0.342 e. The van der Waals surface area contributed by atoms with Crippen molar-refractivity contribution in [2.24, 2.45) is 0 Å². The first kappa shape index (κ1) is 20.3. The standard InChI is InChI=1S/C21H23N3O5/c1-4-27-20(25)15(11-14-9-7-6-8-10-14)24-18-17-16(21(26)28-5-2)13(3)29-19(17)23-12-22-18/h6-10,12,15H,4-5,11H2,1-3H3,(H,22,23,24). The molecule has 152 valence electrons. The number of ether oxygens (including phenoxy) is 2. The number of furan rings is 1. The Morgan fingerprint density at radius 2 is 1.83 bits per heavy atom. The summed E-state index contributed by atoms with van der Waals surface area (Å²) in [6, 6.07) is 8.85. The van der Waals surface area contributed by atoms with E-state index >= 15 is 0 Å². The van der Waals surface area contributed by atoms with E-state index in [0.717, 1.165) is 5.56 Å². The third kappa shape index (κ3) is 4.53. The fourth-order valence-corrected chi connectivity index (χ4v) is 3.05. The Labute approximate surface area is 168 Å². The number of carbonyl (C=O) groups is 2. The average molecular weight is 397 g/mol. The van der Waals surface area contributed by atoms with Gasteiger partial charge in [0.1, 0.15) is 29.5 Å². The Morgan fingerprint density at radius 1 is 1.10 bits per heavy atom. The van der Waals surface area contributed by atoms with Gasteiger partial charge in [-0.25, -0.2) is 19.6 Å². The van der Waals surface area contributed by atoms with Crippen LogP contribution in [-0.2, 0) is 20.7 Å². The summed E-state index contributed by atoms with van der Waals surface area (Å²) < 4.78 is 16.0. The minimum absolute atomic E-state index is 0.223. The molecule has 2 heterocycles. The molecule has 1 aromatic carbocycles. The predicted octanol–water partition coefficient (Wildman–Crippen LogP) is 3.29. The van der Waals surface area contributed by atoms with Crippen LogP contribution in [0.4, 0.5) is 5.82 Å². The number of carbonyl (C=O) groups excluding carboxylic acids is 2. The second-order valence-electron chi connectivity index (χ2n) is 6.29. The number of hydrogen-bond donors (Lipinski definition) is 1. The number of rotatable bonds is 8. The summed E-state index contributed by atoms with van der Waals surface area (Å²) in [6.07, 6.45) is 1.70. The van der Waals surface area contributed by atoms with E-state index in [1.807, 2.05) is 30.3 Å². The highest BCUT2D eigenvalue weighted by Gasteiger charge is 2.27. The van der Waals surface area contributed by atoms with E-state index < -0.39 is 18.0 Å². The van der Waals surface area contributed by atoms with E-state index in [-0.39, 0.29) is 24.5 Å². The molecule has 3 rings (SSSR count). The Kier molecular flexibility index (Phi) is 6.43. The quantitative estimate of drug-likeness (QED) is 0.578. The van der Waals surface area contributed by atoms with Gasteiger partial charge in [-0.3, -0.25) is 0 Å². The molecule has 0 aliphatic carbocycles. The summed E-state index contributed by atoms with van der Waals surface area (Å²) in [5, 5.41) is 3.49. The van der Waals surface area contributed by atoms with Gasteiger partial charge in [0.05, 0.1) is 18.6 Å². The van der Waals surface area contributed by atoms with Crippen LogP contribution >= 0.6 is 0 Å². The summed E-state index contributed by atoms with van der Waals surface area (Å²) >= 11 is 0. The zero-order valence-electron chi connectivity index (χ0n) is 16.6. The van der Waals surface area contributed by atoms with E-state index in [4.69, 9.17) is 13.9 Å². The van der Waals surface area contributed by atoms with Crippen LogP contribution in [0.1, 0.15) is 35.5 Å². The third-order valence-corrected chi connectivity index (χ3v) is 4.31. The molecule has 0 bridgehead atoms. The fraction of sp³-hybridized carbons (Fsp3) is 0.333. The molecule has 2 aromatic heterocycles. The molecule has 0 radical (unpaired) electrons. The van der Waals surface area contributed by atoms with E-state index in [2.05, 4.69) is 15.3 Å². The maximum absolute atomic E-state index is 12.6. The Morgan fingerprint density at radius 3 is 2.52 bits per heavy atom. The second kappa shape index (κ2) is 9.18. The number of fused-ring (bicyclic) bond motifs is 1. The van der Waals surface area contributed by atoms with Crippen molar-refractivity contribution in [2.45, 2.75) is 33.2 Å². The van der Waals surface area contributed by atoms with Gasteiger partial charge in [0, 0.05) is 6.42 Å². The van der Waals surface area contributed by atoms with Gasteiger partial charge in [-0.1, -0.05) is 30.3 Å². The van der Waals surface area contributed by atoms with Gasteiger partial charge in [0.15, 0.2) is 0 Å². The van der Waals surface area contributed by atoms with E-state index in [1.165, 1.54) is 6.33 Å². The molecule has 0 amide bonds. The van der Waals surface area contributed by atoms with Crippen molar-refractivity contribution in [1.82, 2.24) is 9.97 Å². The van der Waals surface area contributed by atoms with Crippen molar-refractivity contribution in [2.75, 3.05) is 18.5 Å². The van der Waals surface area contributed by atoms with Crippen molar-refractivity contribution in [1.29, 1.82) is 0 Å². The second-order valence-corrected chi connectivity index (χ2v) is 6.29. The Bertz CT molecular complexity index is 1000. The van der Waals surface area contributed by atoms with Crippen LogP contribution in [-0.4, -0.2) is 41.2 Å². The number of hydrogen-bond acceptors (Lipinski definition) is 8. The van der Waals surface area contributed by atoms with Crippen LogP contribution < -0.4 is 5.32 Å². The smallest absolute Gasteiger partial charge is 0.342 e. The van der Waals surface area contributed by atoms with Crippen molar-refractivity contribution >= 4 is 28.9 Å². The van der Waals surface area contributed by atoms with E-state index in [1.54, 1.807) is 20.8 Å². The van der Waals surface area contributed by atoms with Gasteiger partial charge < -0.3 is 19.2 Å². The minimum atomic E-state index is -0.708. The van der Waals surface area contributed by atoms with Gasteiger partial charge in [-0.05, 0) is 26.3 Å². The minimum Gasteiger partial charge on any atom is -0.464 e. The predicted molar refractivity (Wildman–Crippen MR) is 107 cm³/mol. The number of anilines is 1. The lowest BCUT2D eigenvalue weighted by molar-refractivity contribution is -0.144. The van der Waals surface area contributed by atoms with Gasteiger partial charge >= 0.3 is 11.9 Å². The van der Waals surface area contributed by atoms with Crippen LogP contribution in [0.25, 0.3) is 11.1 Å². The lowest BCUT2D eigenvalue weighted by atomic mass is 10.1. The van der Waals surface area contributed by atoms with Gasteiger partial charge in [0.2, 0.25) is 5.71 Å². The molecule has 0 spiro atoms. The first-order chi connectivity index (χ1) is 14.0. The first-order valence-corrected chi connectivity index (χ1v) is 9.43. The number of aromatic nitrogens is 2. The van der Waals surface area contributed by atoms with Crippen molar-refractivity contribution in [3.63, 3.8) is 0 Å². The lowest BCUT2D eigenvalue weighted by Gasteiger charge is -2.18. The highest BCUT2D eigenvalue weighted by atomic mass is 16.5. The van der Waals surface area contributed by atoms with Gasteiger partial charge in [0.25, 0.3) is 0 Å². The van der Waals surface area contributed by atoms with E-state index in [9.17, 15) is 9.59 Å². The maximum atomic E-state index is 12.6. The number of nitrogens with one attached hydrogen (secondary N) is 1. The van der Waals surface area contributed by atoms with Crippen LogP contribution in [0, 0.1) is 6.92 Å². The lowest BCUT2D eigenvalue weighted by Crippen LogP contribution is -2.34.